The molecule has 118 valence electrons. The Hall–Kier alpha value is -0.0800. The number of hydrogen-bond acceptors (Lipinski definition) is 3. The molecule has 2 rings (SSSR count). The van der Waals surface area contributed by atoms with Gasteiger partial charge in [-0.15, -0.1) is 24.0 Å². The summed E-state index contributed by atoms with van der Waals surface area (Å²) in [5.74, 6) is 1.68. The Bertz CT molecular complexity index is 292. The summed E-state index contributed by atoms with van der Waals surface area (Å²) in [4.78, 5) is 6.78. The Kier molecular flexibility index (Phi) is 8.79. The van der Waals surface area contributed by atoms with Gasteiger partial charge in [0.25, 0.3) is 0 Å². The Labute approximate surface area is 139 Å². The van der Waals surface area contributed by atoms with Gasteiger partial charge in [0.1, 0.15) is 0 Å². The molecule has 1 saturated carbocycles. The van der Waals surface area contributed by atoms with Gasteiger partial charge in [-0.05, 0) is 38.5 Å². The highest BCUT2D eigenvalue weighted by atomic mass is 127. The maximum atomic E-state index is 9.86. The van der Waals surface area contributed by atoms with Gasteiger partial charge in [0.15, 0.2) is 5.96 Å². The van der Waals surface area contributed by atoms with Crippen molar-refractivity contribution in [3.05, 3.63) is 0 Å². The van der Waals surface area contributed by atoms with E-state index in [4.69, 9.17) is 4.74 Å². The van der Waals surface area contributed by atoms with E-state index >= 15 is 0 Å². The largest absolute Gasteiger partial charge is 0.389 e. The molecule has 0 bridgehead atoms. The van der Waals surface area contributed by atoms with Crippen LogP contribution in [0.15, 0.2) is 4.99 Å². The first kappa shape index (κ1) is 18.0. The van der Waals surface area contributed by atoms with E-state index in [9.17, 15) is 5.11 Å². The Balaban J connectivity index is 0.00000200. The molecule has 1 heterocycles. The fourth-order valence-electron chi connectivity index (χ4n) is 2.25. The molecule has 1 atom stereocenters. The first-order valence-corrected chi connectivity index (χ1v) is 7.58. The highest BCUT2D eigenvalue weighted by Gasteiger charge is 2.21. The molecule has 0 radical (unpaired) electrons. The number of aliphatic hydroxyl groups excluding tert-OH is 1. The van der Waals surface area contributed by atoms with E-state index in [2.05, 4.69) is 22.1 Å². The smallest absolute Gasteiger partial charge is 0.194 e. The highest BCUT2D eigenvalue weighted by molar-refractivity contribution is 14.0. The second-order valence-corrected chi connectivity index (χ2v) is 5.52. The van der Waals surface area contributed by atoms with Crippen LogP contribution in [0.5, 0.6) is 0 Å². The number of nitrogens with one attached hydrogen (secondary N) is 1. The molecule has 0 aromatic carbocycles. The molecule has 1 aliphatic heterocycles. The number of ether oxygens (including phenoxy) is 1. The Morgan fingerprint density at radius 2 is 2.10 bits per heavy atom. The zero-order valence-electron chi connectivity index (χ0n) is 12.4. The first-order chi connectivity index (χ1) is 9.29. The zero-order valence-corrected chi connectivity index (χ0v) is 14.7. The van der Waals surface area contributed by atoms with Crippen LogP contribution in [0.2, 0.25) is 0 Å². The van der Waals surface area contributed by atoms with E-state index in [1.54, 1.807) is 0 Å². The van der Waals surface area contributed by atoms with Crippen LogP contribution in [0.4, 0.5) is 0 Å². The van der Waals surface area contributed by atoms with Gasteiger partial charge in [-0.2, -0.15) is 0 Å². The topological polar surface area (TPSA) is 57.1 Å². The van der Waals surface area contributed by atoms with Gasteiger partial charge in [0.05, 0.1) is 19.3 Å². The molecule has 1 unspecified atom stereocenters. The monoisotopic (exact) mass is 397 g/mol. The van der Waals surface area contributed by atoms with E-state index < -0.39 is 6.10 Å². The van der Waals surface area contributed by atoms with Gasteiger partial charge < -0.3 is 20.1 Å². The summed E-state index contributed by atoms with van der Waals surface area (Å²) in [5.41, 5.74) is 0. The minimum absolute atomic E-state index is 0. The number of rotatable bonds is 7. The van der Waals surface area contributed by atoms with Crippen molar-refractivity contribution in [2.75, 3.05) is 39.4 Å². The molecule has 2 fully saturated rings. The van der Waals surface area contributed by atoms with Crippen LogP contribution < -0.4 is 5.32 Å². The number of nitrogens with zero attached hydrogens (tertiary/aromatic N) is 2. The normalized spacial score (nSPS) is 20.7. The third-order valence-corrected chi connectivity index (χ3v) is 3.55. The van der Waals surface area contributed by atoms with Crippen LogP contribution in [0.3, 0.4) is 0 Å². The second kappa shape index (κ2) is 9.78. The van der Waals surface area contributed by atoms with Crippen LogP contribution in [-0.2, 0) is 4.74 Å². The van der Waals surface area contributed by atoms with Crippen molar-refractivity contribution in [3.63, 3.8) is 0 Å². The lowest BCUT2D eigenvalue weighted by Gasteiger charge is -2.21. The molecule has 2 aliphatic rings. The number of hydrogen-bond donors (Lipinski definition) is 2. The van der Waals surface area contributed by atoms with Gasteiger partial charge in [0, 0.05) is 26.2 Å². The number of guanidine groups is 1. The minimum atomic E-state index is -0.491. The summed E-state index contributed by atoms with van der Waals surface area (Å²) < 4.78 is 5.48. The third kappa shape index (κ3) is 6.58. The zero-order chi connectivity index (χ0) is 13.5. The average molecular weight is 397 g/mol. The van der Waals surface area contributed by atoms with E-state index in [-0.39, 0.29) is 24.0 Å². The van der Waals surface area contributed by atoms with Crippen molar-refractivity contribution >= 4 is 29.9 Å². The Morgan fingerprint density at radius 3 is 2.70 bits per heavy atom. The average Bonchev–Trinajstić information content (AvgIpc) is 3.06. The molecular weight excluding hydrogens is 369 g/mol. The van der Waals surface area contributed by atoms with Crippen LogP contribution in [0, 0.1) is 5.92 Å². The molecular formula is C14H28IN3O2. The maximum Gasteiger partial charge on any atom is 0.194 e. The van der Waals surface area contributed by atoms with Crippen LogP contribution in [0.25, 0.3) is 0 Å². The maximum absolute atomic E-state index is 9.86. The molecule has 5 nitrogen and oxygen atoms in total. The summed E-state index contributed by atoms with van der Waals surface area (Å²) in [5, 5.41) is 13.2. The molecule has 2 N–H and O–H groups in total. The fraction of sp³-hybridized carbons (Fsp3) is 0.929. The number of halogens is 1. The molecule has 0 aromatic heterocycles. The van der Waals surface area contributed by atoms with Crippen LogP contribution in [0.1, 0.15) is 32.6 Å². The van der Waals surface area contributed by atoms with E-state index in [1.165, 1.54) is 25.7 Å². The summed E-state index contributed by atoms with van der Waals surface area (Å²) in [7, 11) is 0. The second-order valence-electron chi connectivity index (χ2n) is 5.52. The van der Waals surface area contributed by atoms with Gasteiger partial charge >= 0.3 is 0 Å². The van der Waals surface area contributed by atoms with Crippen molar-refractivity contribution in [3.8, 4) is 0 Å². The first-order valence-electron chi connectivity index (χ1n) is 7.58. The molecule has 20 heavy (non-hydrogen) atoms. The molecule has 6 heteroatoms. The quantitative estimate of drug-likeness (QED) is 0.388. The highest BCUT2D eigenvalue weighted by Crippen LogP contribution is 2.28. The van der Waals surface area contributed by atoms with E-state index in [1.807, 2.05) is 0 Å². The number of aliphatic imine (C=N–C) groups is 1. The van der Waals surface area contributed by atoms with Gasteiger partial charge in [-0.1, -0.05) is 0 Å². The summed E-state index contributed by atoms with van der Waals surface area (Å²) in [6.45, 7) is 6.69. The summed E-state index contributed by atoms with van der Waals surface area (Å²) in [6.07, 6.45) is 4.55. The van der Waals surface area contributed by atoms with Gasteiger partial charge in [-0.25, -0.2) is 0 Å². The summed E-state index contributed by atoms with van der Waals surface area (Å²) in [6, 6.07) is 0. The molecule has 0 spiro atoms. The van der Waals surface area contributed by atoms with Crippen molar-refractivity contribution in [1.29, 1.82) is 0 Å². The predicted molar refractivity (Wildman–Crippen MR) is 91.8 cm³/mol. The predicted octanol–water partition coefficient (Wildman–Crippen LogP) is 1.45. The molecule has 0 aromatic rings. The van der Waals surface area contributed by atoms with Crippen molar-refractivity contribution in [1.82, 2.24) is 10.2 Å². The van der Waals surface area contributed by atoms with E-state index in [0.717, 1.165) is 38.1 Å². The Morgan fingerprint density at radius 1 is 1.40 bits per heavy atom. The minimum Gasteiger partial charge on any atom is -0.389 e. The molecule has 1 saturated heterocycles. The van der Waals surface area contributed by atoms with Crippen LogP contribution >= 0.6 is 24.0 Å². The molecule has 1 aliphatic carbocycles. The van der Waals surface area contributed by atoms with Crippen molar-refractivity contribution in [2.24, 2.45) is 10.9 Å². The SMILES string of the molecule is CCNC(=NCC(O)COCC1CC1)N1CCCC1.I. The van der Waals surface area contributed by atoms with E-state index in [0.29, 0.717) is 13.2 Å². The lowest BCUT2D eigenvalue weighted by molar-refractivity contribution is 0.0367. The van der Waals surface area contributed by atoms with Crippen molar-refractivity contribution < 1.29 is 9.84 Å². The van der Waals surface area contributed by atoms with Crippen molar-refractivity contribution in [2.45, 2.75) is 38.7 Å². The lowest BCUT2D eigenvalue weighted by atomic mass is 10.4. The lowest BCUT2D eigenvalue weighted by Crippen LogP contribution is -2.40. The summed E-state index contributed by atoms with van der Waals surface area (Å²) >= 11 is 0. The fourth-order valence-corrected chi connectivity index (χ4v) is 2.25. The standard InChI is InChI=1S/C14H27N3O2.HI/c1-2-15-14(17-7-3-4-8-17)16-9-13(18)11-19-10-12-5-6-12;/h12-13,18H,2-11H2,1H3,(H,15,16);1H. The van der Waals surface area contributed by atoms with Gasteiger partial charge in [0.2, 0.25) is 0 Å². The number of likely N-dealkylation sites (tertiary alicyclic amines) is 1. The molecule has 0 amide bonds. The number of aliphatic hydroxyl groups is 1. The van der Waals surface area contributed by atoms with Crippen LogP contribution in [-0.4, -0.2) is 61.5 Å². The third-order valence-electron chi connectivity index (χ3n) is 3.55. The van der Waals surface area contributed by atoms with Gasteiger partial charge in [-0.3, -0.25) is 4.99 Å².